The van der Waals surface area contributed by atoms with Crippen LogP contribution < -0.4 is 10.2 Å². The highest BCUT2D eigenvalue weighted by Crippen LogP contribution is 2.18. The maximum Gasteiger partial charge on any atom is 0.335 e. The summed E-state index contributed by atoms with van der Waals surface area (Å²) in [6, 6.07) is 8.00. The summed E-state index contributed by atoms with van der Waals surface area (Å²) < 4.78 is 0. The molecule has 17 heavy (non-hydrogen) atoms. The molecule has 2 atom stereocenters. The Morgan fingerprint density at radius 3 is 2.24 bits per heavy atom. The molecule has 0 bridgehead atoms. The average molecular weight is 234 g/mol. The number of carboxylic acids is 1. The fraction of sp³-hybridized carbons (Fsp3) is 0.462. The number of benzene rings is 1. The third kappa shape index (κ3) is 2.77. The number of carbonyl (C=O) groups is 1. The zero-order valence-electron chi connectivity index (χ0n) is 10.2. The van der Waals surface area contributed by atoms with Crippen molar-refractivity contribution < 1.29 is 9.90 Å². The average Bonchev–Trinajstić information content (AvgIpc) is 2.28. The van der Waals surface area contributed by atoms with Gasteiger partial charge in [0.25, 0.3) is 0 Å². The van der Waals surface area contributed by atoms with E-state index in [-0.39, 0.29) is 0 Å². The molecule has 92 valence electrons. The van der Waals surface area contributed by atoms with Crippen molar-refractivity contribution in [1.82, 2.24) is 5.32 Å². The van der Waals surface area contributed by atoms with Gasteiger partial charge in [0, 0.05) is 30.9 Å². The molecule has 1 fully saturated rings. The Labute approximate surface area is 101 Å². The first-order valence-corrected chi connectivity index (χ1v) is 5.90. The molecule has 0 saturated carbocycles. The van der Waals surface area contributed by atoms with E-state index in [1.807, 2.05) is 12.1 Å². The number of anilines is 1. The lowest BCUT2D eigenvalue weighted by Gasteiger charge is -2.37. The van der Waals surface area contributed by atoms with E-state index < -0.39 is 5.97 Å². The van der Waals surface area contributed by atoms with Crippen LogP contribution in [0.15, 0.2) is 24.3 Å². The Morgan fingerprint density at radius 2 is 1.76 bits per heavy atom. The molecule has 1 saturated heterocycles. The van der Waals surface area contributed by atoms with Gasteiger partial charge in [-0.15, -0.1) is 0 Å². The van der Waals surface area contributed by atoms with Crippen LogP contribution in [0.25, 0.3) is 0 Å². The predicted octanol–water partition coefficient (Wildman–Crippen LogP) is 1.57. The lowest BCUT2D eigenvalue weighted by atomic mass is 10.1. The van der Waals surface area contributed by atoms with Crippen LogP contribution in [0.5, 0.6) is 0 Å². The molecule has 0 amide bonds. The van der Waals surface area contributed by atoms with E-state index >= 15 is 0 Å². The molecular formula is C13H18N2O2. The molecule has 1 aromatic rings. The monoisotopic (exact) mass is 234 g/mol. The Morgan fingerprint density at radius 1 is 1.24 bits per heavy atom. The van der Waals surface area contributed by atoms with E-state index in [2.05, 4.69) is 24.1 Å². The van der Waals surface area contributed by atoms with E-state index in [1.54, 1.807) is 12.1 Å². The largest absolute Gasteiger partial charge is 0.478 e. The van der Waals surface area contributed by atoms with Crippen LogP contribution in [0.4, 0.5) is 5.69 Å². The minimum Gasteiger partial charge on any atom is -0.478 e. The van der Waals surface area contributed by atoms with E-state index in [9.17, 15) is 4.79 Å². The molecule has 4 nitrogen and oxygen atoms in total. The summed E-state index contributed by atoms with van der Waals surface area (Å²) in [6.45, 7) is 6.23. The molecule has 0 aromatic heterocycles. The van der Waals surface area contributed by atoms with Gasteiger partial charge in [0.05, 0.1) is 5.56 Å². The first-order valence-electron chi connectivity index (χ1n) is 5.90. The van der Waals surface area contributed by atoms with Crippen LogP contribution in [0, 0.1) is 0 Å². The number of hydrogen-bond donors (Lipinski definition) is 2. The minimum absolute atomic E-state index is 0.338. The van der Waals surface area contributed by atoms with Gasteiger partial charge in [0.1, 0.15) is 0 Å². The lowest BCUT2D eigenvalue weighted by molar-refractivity contribution is 0.0697. The topological polar surface area (TPSA) is 52.6 Å². The van der Waals surface area contributed by atoms with Gasteiger partial charge in [-0.2, -0.15) is 0 Å². The second-order valence-corrected chi connectivity index (χ2v) is 4.73. The summed E-state index contributed by atoms with van der Waals surface area (Å²) >= 11 is 0. The first-order chi connectivity index (χ1) is 8.06. The zero-order chi connectivity index (χ0) is 12.4. The fourth-order valence-corrected chi connectivity index (χ4v) is 2.35. The van der Waals surface area contributed by atoms with Gasteiger partial charge in [-0.05, 0) is 38.1 Å². The Kier molecular flexibility index (Phi) is 3.33. The summed E-state index contributed by atoms with van der Waals surface area (Å²) in [7, 11) is 0. The zero-order valence-corrected chi connectivity index (χ0v) is 10.2. The van der Waals surface area contributed by atoms with E-state index in [1.165, 1.54) is 0 Å². The van der Waals surface area contributed by atoms with Crippen molar-refractivity contribution >= 4 is 11.7 Å². The minimum atomic E-state index is -0.876. The molecule has 2 N–H and O–H groups in total. The summed E-state index contributed by atoms with van der Waals surface area (Å²) in [5.74, 6) is -0.876. The van der Waals surface area contributed by atoms with Crippen LogP contribution >= 0.6 is 0 Å². The van der Waals surface area contributed by atoms with Crippen molar-refractivity contribution in [2.45, 2.75) is 25.9 Å². The quantitative estimate of drug-likeness (QED) is 0.815. The van der Waals surface area contributed by atoms with Crippen LogP contribution in [0.2, 0.25) is 0 Å². The maximum atomic E-state index is 10.8. The second kappa shape index (κ2) is 4.75. The first kappa shape index (κ1) is 11.9. The Bertz CT molecular complexity index is 392. The smallest absolute Gasteiger partial charge is 0.335 e. The summed E-state index contributed by atoms with van der Waals surface area (Å²) in [6.07, 6.45) is 0. The molecule has 1 aliphatic rings. The molecule has 0 spiro atoms. The highest BCUT2D eigenvalue weighted by Gasteiger charge is 2.21. The number of carboxylic acid groups (broad SMARTS) is 1. The van der Waals surface area contributed by atoms with Crippen LogP contribution in [0.1, 0.15) is 24.2 Å². The summed E-state index contributed by atoms with van der Waals surface area (Å²) in [4.78, 5) is 13.1. The van der Waals surface area contributed by atoms with Gasteiger partial charge in [0.15, 0.2) is 0 Å². The van der Waals surface area contributed by atoms with Crippen LogP contribution in [-0.4, -0.2) is 36.2 Å². The van der Waals surface area contributed by atoms with Gasteiger partial charge in [0.2, 0.25) is 0 Å². The molecule has 0 radical (unpaired) electrons. The van der Waals surface area contributed by atoms with Gasteiger partial charge >= 0.3 is 5.97 Å². The van der Waals surface area contributed by atoms with Crippen molar-refractivity contribution in [3.05, 3.63) is 29.8 Å². The van der Waals surface area contributed by atoms with Gasteiger partial charge < -0.3 is 15.3 Å². The number of nitrogens with one attached hydrogen (secondary N) is 1. The van der Waals surface area contributed by atoms with Crippen LogP contribution in [0.3, 0.4) is 0 Å². The third-order valence-corrected chi connectivity index (χ3v) is 3.04. The molecule has 0 aliphatic carbocycles. The number of nitrogens with zero attached hydrogens (tertiary/aromatic N) is 1. The van der Waals surface area contributed by atoms with E-state index in [0.717, 1.165) is 18.8 Å². The molecular weight excluding hydrogens is 216 g/mol. The summed E-state index contributed by atoms with van der Waals surface area (Å²) in [5.41, 5.74) is 1.43. The third-order valence-electron chi connectivity index (χ3n) is 3.04. The van der Waals surface area contributed by atoms with E-state index in [4.69, 9.17) is 5.11 Å². The maximum absolute atomic E-state index is 10.8. The number of piperazine rings is 1. The van der Waals surface area contributed by atoms with Crippen molar-refractivity contribution in [2.75, 3.05) is 18.0 Å². The van der Waals surface area contributed by atoms with Crippen molar-refractivity contribution in [3.8, 4) is 0 Å². The fourth-order valence-electron chi connectivity index (χ4n) is 2.35. The Balaban J connectivity index is 2.14. The molecule has 1 aliphatic heterocycles. The SMILES string of the molecule is C[C@@H]1CN(c2ccc(C(=O)O)cc2)C[C@H](C)N1. The standard InChI is InChI=1S/C13H18N2O2/c1-9-7-15(8-10(2)14-9)12-5-3-11(4-6-12)13(16)17/h3-6,9-10,14H,7-8H2,1-2H3,(H,16,17)/t9-,10+. The Hall–Kier alpha value is -1.55. The normalized spacial score (nSPS) is 24.7. The number of hydrogen-bond acceptors (Lipinski definition) is 3. The molecule has 0 unspecified atom stereocenters. The second-order valence-electron chi connectivity index (χ2n) is 4.73. The highest BCUT2D eigenvalue weighted by atomic mass is 16.4. The number of rotatable bonds is 2. The highest BCUT2D eigenvalue weighted by molar-refractivity contribution is 5.88. The molecule has 1 aromatic carbocycles. The van der Waals surface area contributed by atoms with Crippen molar-refractivity contribution in [3.63, 3.8) is 0 Å². The number of aromatic carboxylic acids is 1. The molecule has 4 heteroatoms. The molecule has 2 rings (SSSR count). The van der Waals surface area contributed by atoms with Gasteiger partial charge in [-0.1, -0.05) is 0 Å². The molecule has 1 heterocycles. The van der Waals surface area contributed by atoms with Gasteiger partial charge in [-0.3, -0.25) is 0 Å². The van der Waals surface area contributed by atoms with Crippen LogP contribution in [-0.2, 0) is 0 Å². The van der Waals surface area contributed by atoms with Crippen molar-refractivity contribution in [1.29, 1.82) is 0 Å². The van der Waals surface area contributed by atoms with Crippen molar-refractivity contribution in [2.24, 2.45) is 0 Å². The van der Waals surface area contributed by atoms with E-state index in [0.29, 0.717) is 17.6 Å². The van der Waals surface area contributed by atoms with Gasteiger partial charge in [-0.25, -0.2) is 4.79 Å². The summed E-state index contributed by atoms with van der Waals surface area (Å²) in [5, 5.41) is 12.3. The lowest BCUT2D eigenvalue weighted by Crippen LogP contribution is -2.54. The predicted molar refractivity (Wildman–Crippen MR) is 67.7 cm³/mol.